The zero-order chi connectivity index (χ0) is 17.3. The molecule has 0 saturated carbocycles. The molecular formula is C15H15F2N5O2. The Morgan fingerprint density at radius 2 is 2.12 bits per heavy atom. The molecule has 3 aromatic rings. The summed E-state index contributed by atoms with van der Waals surface area (Å²) in [6.45, 7) is 4.31. The molecule has 0 saturated heterocycles. The largest absolute Gasteiger partial charge is 0.415 e. The lowest BCUT2D eigenvalue weighted by atomic mass is 10.1. The van der Waals surface area contributed by atoms with Crippen molar-refractivity contribution in [2.45, 2.75) is 33.2 Å². The zero-order valence-corrected chi connectivity index (χ0v) is 13.1. The van der Waals surface area contributed by atoms with Crippen molar-refractivity contribution in [1.29, 1.82) is 0 Å². The average Bonchev–Trinajstić information content (AvgIpc) is 3.15. The van der Waals surface area contributed by atoms with Crippen LogP contribution in [0.2, 0.25) is 0 Å². The van der Waals surface area contributed by atoms with Gasteiger partial charge in [0.15, 0.2) is 0 Å². The fraction of sp³-hybridized carbons (Fsp3) is 0.333. The van der Waals surface area contributed by atoms with Gasteiger partial charge in [0.1, 0.15) is 0 Å². The SMILES string of the molecule is Cc1n[nH]c(C)c1CCn1ccc(-c2nnc(C(F)F)o2)cc1=O. The van der Waals surface area contributed by atoms with Crippen LogP contribution in [0.1, 0.15) is 29.3 Å². The fourth-order valence-electron chi connectivity index (χ4n) is 2.44. The maximum atomic E-state index is 12.5. The quantitative estimate of drug-likeness (QED) is 0.773. The van der Waals surface area contributed by atoms with Crippen molar-refractivity contribution >= 4 is 0 Å². The number of rotatable bonds is 5. The molecule has 0 spiro atoms. The molecule has 0 atom stereocenters. The van der Waals surface area contributed by atoms with Crippen molar-refractivity contribution in [2.75, 3.05) is 0 Å². The molecule has 126 valence electrons. The Morgan fingerprint density at radius 1 is 1.33 bits per heavy atom. The summed E-state index contributed by atoms with van der Waals surface area (Å²) in [6.07, 6.45) is -0.605. The van der Waals surface area contributed by atoms with Crippen LogP contribution in [0.4, 0.5) is 8.78 Å². The minimum atomic E-state index is -2.84. The van der Waals surface area contributed by atoms with E-state index in [0.717, 1.165) is 17.0 Å². The standard InChI is InChI=1S/C15H15F2N5O2/c1-8-11(9(2)19-18-8)4-6-22-5-3-10(7-12(22)23)14-20-21-15(24-14)13(16)17/h3,5,7,13H,4,6H2,1-2H3,(H,18,19). The first kappa shape index (κ1) is 16.0. The number of aromatic amines is 1. The molecule has 3 aromatic heterocycles. The summed E-state index contributed by atoms with van der Waals surface area (Å²) in [6, 6.07) is 2.87. The number of halogens is 2. The smallest absolute Gasteiger partial charge is 0.314 e. The zero-order valence-electron chi connectivity index (χ0n) is 13.1. The number of aryl methyl sites for hydroxylation is 3. The van der Waals surface area contributed by atoms with E-state index in [1.54, 1.807) is 12.3 Å². The van der Waals surface area contributed by atoms with Gasteiger partial charge in [-0.3, -0.25) is 9.89 Å². The second kappa shape index (κ2) is 6.34. The van der Waals surface area contributed by atoms with E-state index < -0.39 is 12.3 Å². The van der Waals surface area contributed by atoms with Crippen LogP contribution in [0.5, 0.6) is 0 Å². The molecule has 7 nitrogen and oxygen atoms in total. The van der Waals surface area contributed by atoms with Crippen LogP contribution in [0.15, 0.2) is 27.5 Å². The highest BCUT2D eigenvalue weighted by Crippen LogP contribution is 2.22. The number of nitrogens with one attached hydrogen (secondary N) is 1. The van der Waals surface area contributed by atoms with Gasteiger partial charge in [-0.15, -0.1) is 10.2 Å². The van der Waals surface area contributed by atoms with Crippen molar-refractivity contribution in [3.8, 4) is 11.5 Å². The summed E-state index contributed by atoms with van der Waals surface area (Å²) >= 11 is 0. The molecule has 0 aliphatic heterocycles. The third kappa shape index (κ3) is 3.10. The molecule has 0 aliphatic rings. The van der Waals surface area contributed by atoms with E-state index >= 15 is 0 Å². The van der Waals surface area contributed by atoms with Crippen LogP contribution < -0.4 is 5.56 Å². The summed E-state index contributed by atoms with van der Waals surface area (Å²) in [7, 11) is 0. The van der Waals surface area contributed by atoms with Gasteiger partial charge in [0.05, 0.1) is 5.69 Å². The summed E-state index contributed by atoms with van der Waals surface area (Å²) < 4.78 is 31.3. The second-order valence-electron chi connectivity index (χ2n) is 5.36. The van der Waals surface area contributed by atoms with Gasteiger partial charge < -0.3 is 8.98 Å². The summed E-state index contributed by atoms with van der Waals surface area (Å²) in [4.78, 5) is 12.2. The third-order valence-corrected chi connectivity index (χ3v) is 3.75. The summed E-state index contributed by atoms with van der Waals surface area (Å²) in [5, 5.41) is 13.8. The van der Waals surface area contributed by atoms with Gasteiger partial charge in [-0.1, -0.05) is 0 Å². The lowest BCUT2D eigenvalue weighted by molar-refractivity contribution is 0.116. The maximum absolute atomic E-state index is 12.5. The molecule has 1 N–H and O–H groups in total. The maximum Gasteiger partial charge on any atom is 0.314 e. The molecular weight excluding hydrogens is 320 g/mol. The van der Waals surface area contributed by atoms with Crippen molar-refractivity contribution in [2.24, 2.45) is 0 Å². The molecule has 0 aliphatic carbocycles. The van der Waals surface area contributed by atoms with Gasteiger partial charge in [-0.25, -0.2) is 0 Å². The highest BCUT2D eigenvalue weighted by Gasteiger charge is 2.17. The Bertz CT molecular complexity index is 893. The number of hydrogen-bond acceptors (Lipinski definition) is 5. The third-order valence-electron chi connectivity index (χ3n) is 3.75. The number of aromatic nitrogens is 5. The molecule has 0 bridgehead atoms. The highest BCUT2D eigenvalue weighted by molar-refractivity contribution is 5.50. The van der Waals surface area contributed by atoms with E-state index in [4.69, 9.17) is 4.42 Å². The molecule has 0 amide bonds. The van der Waals surface area contributed by atoms with Crippen LogP contribution in [0, 0.1) is 13.8 Å². The van der Waals surface area contributed by atoms with Gasteiger partial charge >= 0.3 is 6.43 Å². The van der Waals surface area contributed by atoms with Gasteiger partial charge in [0.2, 0.25) is 5.89 Å². The Hall–Kier alpha value is -2.84. The summed E-state index contributed by atoms with van der Waals surface area (Å²) in [5.41, 5.74) is 2.99. The lowest BCUT2D eigenvalue weighted by Gasteiger charge is -2.06. The van der Waals surface area contributed by atoms with Crippen molar-refractivity contribution in [1.82, 2.24) is 25.0 Å². The van der Waals surface area contributed by atoms with E-state index in [0.29, 0.717) is 18.5 Å². The average molecular weight is 335 g/mol. The Balaban J connectivity index is 1.78. The van der Waals surface area contributed by atoms with Crippen molar-refractivity contribution < 1.29 is 13.2 Å². The first-order valence-corrected chi connectivity index (χ1v) is 7.28. The molecule has 3 rings (SSSR count). The molecule has 3 heterocycles. The number of alkyl halides is 2. The predicted octanol–water partition coefficient (Wildman–Crippen LogP) is 2.42. The first-order valence-electron chi connectivity index (χ1n) is 7.28. The van der Waals surface area contributed by atoms with Crippen LogP contribution in [0.25, 0.3) is 11.5 Å². The van der Waals surface area contributed by atoms with Crippen molar-refractivity contribution in [3.05, 3.63) is 51.5 Å². The van der Waals surface area contributed by atoms with E-state index in [1.807, 2.05) is 13.8 Å². The summed E-state index contributed by atoms with van der Waals surface area (Å²) in [5.74, 6) is -0.865. The number of pyridine rings is 1. The number of hydrogen-bond donors (Lipinski definition) is 1. The molecule has 0 fully saturated rings. The van der Waals surface area contributed by atoms with E-state index in [1.165, 1.54) is 10.6 Å². The van der Waals surface area contributed by atoms with E-state index in [2.05, 4.69) is 20.4 Å². The van der Waals surface area contributed by atoms with Gasteiger partial charge in [0, 0.05) is 30.1 Å². The van der Waals surface area contributed by atoms with E-state index in [9.17, 15) is 13.6 Å². The molecule has 9 heteroatoms. The van der Waals surface area contributed by atoms with E-state index in [-0.39, 0.29) is 11.4 Å². The Kier molecular flexibility index (Phi) is 4.24. The van der Waals surface area contributed by atoms with Crippen molar-refractivity contribution in [3.63, 3.8) is 0 Å². The monoisotopic (exact) mass is 335 g/mol. The van der Waals surface area contributed by atoms with Crippen LogP contribution in [-0.4, -0.2) is 25.0 Å². The normalized spacial score (nSPS) is 11.4. The fourth-order valence-corrected chi connectivity index (χ4v) is 2.44. The first-order chi connectivity index (χ1) is 11.5. The second-order valence-corrected chi connectivity index (χ2v) is 5.36. The molecule has 0 aromatic carbocycles. The Labute approximate surface area is 135 Å². The Morgan fingerprint density at radius 3 is 2.71 bits per heavy atom. The van der Waals surface area contributed by atoms with Gasteiger partial charge in [-0.2, -0.15) is 13.9 Å². The molecule has 0 unspecified atom stereocenters. The van der Waals surface area contributed by atoms with Gasteiger partial charge in [0.25, 0.3) is 11.4 Å². The van der Waals surface area contributed by atoms with Crippen LogP contribution in [-0.2, 0) is 13.0 Å². The molecule has 0 radical (unpaired) electrons. The predicted molar refractivity (Wildman–Crippen MR) is 80.7 cm³/mol. The van der Waals surface area contributed by atoms with Crippen LogP contribution in [0.3, 0.4) is 0 Å². The number of nitrogens with zero attached hydrogens (tertiary/aromatic N) is 4. The highest BCUT2D eigenvalue weighted by atomic mass is 19.3. The topological polar surface area (TPSA) is 89.6 Å². The van der Waals surface area contributed by atoms with Gasteiger partial charge in [-0.05, 0) is 31.9 Å². The lowest BCUT2D eigenvalue weighted by Crippen LogP contribution is -2.19. The number of H-pyrrole nitrogens is 1. The molecule has 24 heavy (non-hydrogen) atoms. The minimum absolute atomic E-state index is 0.101. The van der Waals surface area contributed by atoms with Crippen LogP contribution >= 0.6 is 0 Å². The minimum Gasteiger partial charge on any atom is -0.415 e.